The van der Waals surface area contributed by atoms with Gasteiger partial charge in [-0.05, 0) is 24.6 Å². The third kappa shape index (κ3) is 5.23. The number of amides is 1. The highest BCUT2D eigenvalue weighted by Crippen LogP contribution is 2.17. The molecule has 1 amide bonds. The number of hydrogen-bond donors (Lipinski definition) is 2. The largest absolute Gasteiger partial charge is 0.494 e. The summed E-state index contributed by atoms with van der Waals surface area (Å²) in [7, 11) is 1.36. The molecule has 0 aliphatic heterocycles. The second-order valence-electron chi connectivity index (χ2n) is 3.86. The average Bonchev–Trinajstić information content (AvgIpc) is 2.43. The molecule has 0 aromatic heterocycles. The summed E-state index contributed by atoms with van der Waals surface area (Å²) in [6.07, 6.45) is 0.698. The quantitative estimate of drug-likeness (QED) is 0.689. The molecule has 1 rings (SSSR count). The van der Waals surface area contributed by atoms with Gasteiger partial charge in [0.05, 0.1) is 13.7 Å². The lowest BCUT2D eigenvalue weighted by Crippen LogP contribution is -2.25. The van der Waals surface area contributed by atoms with Gasteiger partial charge < -0.3 is 20.5 Å². The number of carbonyl (C=O) groups excluding carboxylic acids is 1. The predicted octanol–water partition coefficient (Wildman–Crippen LogP) is 0.930. The van der Waals surface area contributed by atoms with E-state index >= 15 is 0 Å². The minimum atomic E-state index is -0.491. The summed E-state index contributed by atoms with van der Waals surface area (Å²) in [5, 5.41) is 2.72. The van der Waals surface area contributed by atoms with Gasteiger partial charge in [-0.25, -0.2) is 4.39 Å². The van der Waals surface area contributed by atoms with Crippen LogP contribution in [0, 0.1) is 5.82 Å². The van der Waals surface area contributed by atoms with Crippen molar-refractivity contribution in [2.45, 2.75) is 6.42 Å². The zero-order valence-electron chi connectivity index (χ0n) is 10.9. The second-order valence-corrected chi connectivity index (χ2v) is 3.86. The van der Waals surface area contributed by atoms with Crippen LogP contribution in [0.2, 0.25) is 0 Å². The SMILES string of the molecule is COc1cc(C(=O)NCCCOCCN)ccc1F. The molecule has 0 unspecified atom stereocenters. The highest BCUT2D eigenvalue weighted by molar-refractivity contribution is 5.94. The van der Waals surface area contributed by atoms with Crippen molar-refractivity contribution >= 4 is 5.91 Å². The van der Waals surface area contributed by atoms with E-state index in [0.29, 0.717) is 38.3 Å². The minimum absolute atomic E-state index is 0.0546. The van der Waals surface area contributed by atoms with E-state index < -0.39 is 5.82 Å². The summed E-state index contributed by atoms with van der Waals surface area (Å²) in [5.41, 5.74) is 5.63. The number of benzene rings is 1. The Balaban J connectivity index is 2.37. The van der Waals surface area contributed by atoms with Crippen LogP contribution in [-0.4, -0.2) is 39.3 Å². The first-order valence-electron chi connectivity index (χ1n) is 6.08. The Hall–Kier alpha value is -1.66. The van der Waals surface area contributed by atoms with Crippen LogP contribution in [0.15, 0.2) is 18.2 Å². The Kier molecular flexibility index (Phi) is 6.84. The normalized spacial score (nSPS) is 10.3. The molecule has 5 nitrogen and oxygen atoms in total. The number of nitrogens with two attached hydrogens (primary N) is 1. The van der Waals surface area contributed by atoms with Crippen molar-refractivity contribution in [3.63, 3.8) is 0 Å². The van der Waals surface area contributed by atoms with Crippen LogP contribution in [0.5, 0.6) is 5.75 Å². The summed E-state index contributed by atoms with van der Waals surface area (Å²) < 4.78 is 23.2. The molecule has 6 heteroatoms. The Morgan fingerprint density at radius 3 is 2.89 bits per heavy atom. The molecule has 19 heavy (non-hydrogen) atoms. The van der Waals surface area contributed by atoms with Crippen LogP contribution in [0.3, 0.4) is 0 Å². The van der Waals surface area contributed by atoms with Crippen molar-refractivity contribution in [1.29, 1.82) is 0 Å². The molecule has 0 atom stereocenters. The minimum Gasteiger partial charge on any atom is -0.494 e. The zero-order valence-corrected chi connectivity index (χ0v) is 10.9. The molecule has 0 aliphatic carbocycles. The lowest BCUT2D eigenvalue weighted by Gasteiger charge is -2.07. The number of halogens is 1. The van der Waals surface area contributed by atoms with Gasteiger partial charge in [-0.1, -0.05) is 0 Å². The maximum absolute atomic E-state index is 13.2. The van der Waals surface area contributed by atoms with Gasteiger partial charge in [0.2, 0.25) is 0 Å². The van der Waals surface area contributed by atoms with E-state index in [-0.39, 0.29) is 11.7 Å². The van der Waals surface area contributed by atoms with Crippen molar-refractivity contribution in [2.75, 3.05) is 33.4 Å². The summed E-state index contributed by atoms with van der Waals surface area (Å²) >= 11 is 0. The van der Waals surface area contributed by atoms with Crippen molar-refractivity contribution in [3.05, 3.63) is 29.6 Å². The number of rotatable bonds is 8. The van der Waals surface area contributed by atoms with Crippen LogP contribution in [0.4, 0.5) is 4.39 Å². The lowest BCUT2D eigenvalue weighted by molar-refractivity contribution is 0.0942. The first-order chi connectivity index (χ1) is 9.19. The van der Waals surface area contributed by atoms with E-state index in [2.05, 4.69) is 5.32 Å². The molecule has 106 valence electrons. The third-order valence-electron chi connectivity index (χ3n) is 2.43. The number of nitrogens with one attached hydrogen (secondary N) is 1. The number of methoxy groups -OCH3 is 1. The monoisotopic (exact) mass is 270 g/mol. The lowest BCUT2D eigenvalue weighted by atomic mass is 10.2. The van der Waals surface area contributed by atoms with E-state index in [0.717, 1.165) is 0 Å². The van der Waals surface area contributed by atoms with Gasteiger partial charge in [-0.15, -0.1) is 0 Å². The highest BCUT2D eigenvalue weighted by atomic mass is 19.1. The third-order valence-corrected chi connectivity index (χ3v) is 2.43. The summed E-state index contributed by atoms with van der Waals surface area (Å²) in [6.45, 7) is 2.04. The van der Waals surface area contributed by atoms with Gasteiger partial charge >= 0.3 is 0 Å². The van der Waals surface area contributed by atoms with Gasteiger partial charge in [-0.2, -0.15) is 0 Å². The molecule has 0 fully saturated rings. The molecule has 0 saturated carbocycles. The molecular formula is C13H19FN2O3. The maximum Gasteiger partial charge on any atom is 0.251 e. The molecule has 0 bridgehead atoms. The van der Waals surface area contributed by atoms with E-state index in [4.69, 9.17) is 15.2 Å². The summed E-state index contributed by atoms with van der Waals surface area (Å²) in [5.74, 6) is -0.703. The number of carbonyl (C=O) groups is 1. The highest BCUT2D eigenvalue weighted by Gasteiger charge is 2.09. The van der Waals surface area contributed by atoms with Crippen LogP contribution in [0.25, 0.3) is 0 Å². The first kappa shape index (κ1) is 15.4. The van der Waals surface area contributed by atoms with Crippen molar-refractivity contribution in [1.82, 2.24) is 5.32 Å². The molecule has 0 radical (unpaired) electrons. The van der Waals surface area contributed by atoms with Gasteiger partial charge in [-0.3, -0.25) is 4.79 Å². The molecule has 0 aliphatic rings. The van der Waals surface area contributed by atoms with E-state index in [1.54, 1.807) is 0 Å². The van der Waals surface area contributed by atoms with Crippen LogP contribution in [-0.2, 0) is 4.74 Å². The Morgan fingerprint density at radius 1 is 1.42 bits per heavy atom. The van der Waals surface area contributed by atoms with E-state index in [1.807, 2.05) is 0 Å². The maximum atomic E-state index is 13.2. The molecule has 1 aromatic rings. The zero-order chi connectivity index (χ0) is 14.1. The smallest absolute Gasteiger partial charge is 0.251 e. The Morgan fingerprint density at radius 2 is 2.21 bits per heavy atom. The predicted molar refractivity (Wildman–Crippen MR) is 69.8 cm³/mol. The van der Waals surface area contributed by atoms with Crippen LogP contribution in [0.1, 0.15) is 16.8 Å². The van der Waals surface area contributed by atoms with Crippen LogP contribution < -0.4 is 15.8 Å². The number of hydrogen-bond acceptors (Lipinski definition) is 4. The first-order valence-corrected chi connectivity index (χ1v) is 6.08. The molecule has 1 aromatic carbocycles. The molecule has 0 heterocycles. The van der Waals surface area contributed by atoms with Crippen molar-refractivity contribution < 1.29 is 18.7 Å². The second kappa shape index (κ2) is 8.44. The molecule has 0 saturated heterocycles. The van der Waals surface area contributed by atoms with Gasteiger partial charge in [0.25, 0.3) is 5.91 Å². The van der Waals surface area contributed by atoms with Crippen molar-refractivity contribution in [2.24, 2.45) is 5.73 Å². The van der Waals surface area contributed by atoms with Gasteiger partial charge in [0.1, 0.15) is 0 Å². The Bertz CT molecular complexity index is 413. The molecule has 3 N–H and O–H groups in total. The molecular weight excluding hydrogens is 251 g/mol. The average molecular weight is 270 g/mol. The Labute approximate surface area is 111 Å². The fraction of sp³-hybridized carbons (Fsp3) is 0.462. The van der Waals surface area contributed by atoms with Gasteiger partial charge in [0, 0.05) is 25.3 Å². The van der Waals surface area contributed by atoms with E-state index in [9.17, 15) is 9.18 Å². The summed E-state index contributed by atoms with van der Waals surface area (Å²) in [6, 6.07) is 3.99. The van der Waals surface area contributed by atoms with Crippen molar-refractivity contribution in [3.8, 4) is 5.75 Å². The van der Waals surface area contributed by atoms with Gasteiger partial charge in [0.15, 0.2) is 11.6 Å². The molecule has 0 spiro atoms. The fourth-order valence-electron chi connectivity index (χ4n) is 1.46. The standard InChI is InChI=1S/C13H19FN2O3/c1-18-12-9-10(3-4-11(12)14)13(17)16-6-2-7-19-8-5-15/h3-4,9H,2,5-8,15H2,1H3,(H,16,17). The summed E-state index contributed by atoms with van der Waals surface area (Å²) in [4.78, 5) is 11.8. The topological polar surface area (TPSA) is 73.6 Å². The number of ether oxygens (including phenoxy) is 2. The van der Waals surface area contributed by atoms with E-state index in [1.165, 1.54) is 25.3 Å². The fourth-order valence-corrected chi connectivity index (χ4v) is 1.46. The van der Waals surface area contributed by atoms with Crippen LogP contribution >= 0.6 is 0 Å².